The number of hydrogen-bond acceptors (Lipinski definition) is 2. The van der Waals surface area contributed by atoms with Crippen LogP contribution in [0.2, 0.25) is 0 Å². The number of rotatable bonds is 2. The zero-order valence-corrected chi connectivity index (χ0v) is 8.37. The van der Waals surface area contributed by atoms with Crippen LogP contribution in [-0.4, -0.2) is 19.0 Å². The van der Waals surface area contributed by atoms with Gasteiger partial charge >= 0.3 is 6.18 Å². The SMILES string of the molecule is FC(F)(F)c1cccc(CC2COC=N2)c1. The average Bonchev–Trinajstić information content (AvgIpc) is 2.70. The zero-order chi connectivity index (χ0) is 11.6. The second-order valence-electron chi connectivity index (χ2n) is 3.64. The molecular formula is C11H10F3NO. The van der Waals surface area contributed by atoms with Crippen molar-refractivity contribution in [2.75, 3.05) is 6.61 Å². The molecule has 0 fully saturated rings. The summed E-state index contributed by atoms with van der Waals surface area (Å²) in [5.74, 6) is 0. The van der Waals surface area contributed by atoms with Crippen molar-refractivity contribution in [3.05, 3.63) is 35.4 Å². The summed E-state index contributed by atoms with van der Waals surface area (Å²) in [6, 6.07) is 5.25. The number of hydrogen-bond donors (Lipinski definition) is 0. The first-order chi connectivity index (χ1) is 7.55. The van der Waals surface area contributed by atoms with Gasteiger partial charge in [-0.05, 0) is 18.1 Å². The molecule has 5 heteroatoms. The van der Waals surface area contributed by atoms with Crippen LogP contribution in [0.1, 0.15) is 11.1 Å². The maximum atomic E-state index is 12.4. The largest absolute Gasteiger partial charge is 0.481 e. The lowest BCUT2D eigenvalue weighted by Gasteiger charge is -2.10. The van der Waals surface area contributed by atoms with E-state index >= 15 is 0 Å². The van der Waals surface area contributed by atoms with Crippen molar-refractivity contribution < 1.29 is 17.9 Å². The van der Waals surface area contributed by atoms with Crippen LogP contribution in [0, 0.1) is 0 Å². The van der Waals surface area contributed by atoms with Crippen LogP contribution in [0.25, 0.3) is 0 Å². The molecule has 0 saturated heterocycles. The minimum absolute atomic E-state index is 0.0662. The fourth-order valence-corrected chi connectivity index (χ4v) is 1.58. The van der Waals surface area contributed by atoms with Gasteiger partial charge in [0.25, 0.3) is 0 Å². The molecule has 1 aromatic carbocycles. The molecule has 0 aromatic heterocycles. The normalized spacial score (nSPS) is 19.8. The second kappa shape index (κ2) is 4.15. The molecular weight excluding hydrogens is 219 g/mol. The first-order valence-corrected chi connectivity index (χ1v) is 4.85. The zero-order valence-electron chi connectivity index (χ0n) is 8.37. The Morgan fingerprint density at radius 3 is 2.81 bits per heavy atom. The molecule has 0 bridgehead atoms. The van der Waals surface area contributed by atoms with E-state index in [2.05, 4.69) is 4.99 Å². The molecule has 2 rings (SSSR count). The molecule has 0 saturated carbocycles. The van der Waals surface area contributed by atoms with Crippen LogP contribution in [0.3, 0.4) is 0 Å². The number of ether oxygens (including phenoxy) is 1. The Kier molecular flexibility index (Phi) is 2.85. The number of halogens is 3. The van der Waals surface area contributed by atoms with E-state index in [4.69, 9.17) is 4.74 Å². The Balaban J connectivity index is 2.13. The molecule has 1 aliphatic rings. The van der Waals surface area contributed by atoms with Gasteiger partial charge in [0, 0.05) is 0 Å². The summed E-state index contributed by atoms with van der Waals surface area (Å²) < 4.78 is 42.2. The number of benzene rings is 1. The number of aliphatic imine (C=N–C) groups is 1. The second-order valence-corrected chi connectivity index (χ2v) is 3.64. The van der Waals surface area contributed by atoms with Gasteiger partial charge in [0.2, 0.25) is 0 Å². The predicted molar refractivity (Wildman–Crippen MR) is 53.4 cm³/mol. The van der Waals surface area contributed by atoms with E-state index in [1.54, 1.807) is 6.07 Å². The maximum Gasteiger partial charge on any atom is 0.416 e. The Morgan fingerprint density at radius 2 is 2.19 bits per heavy atom. The summed E-state index contributed by atoms with van der Waals surface area (Å²) in [6.45, 7) is 0.441. The lowest BCUT2D eigenvalue weighted by atomic mass is 10.0. The average molecular weight is 229 g/mol. The highest BCUT2D eigenvalue weighted by atomic mass is 19.4. The predicted octanol–water partition coefficient (Wildman–Crippen LogP) is 2.68. The molecule has 1 aliphatic heterocycles. The van der Waals surface area contributed by atoms with Crippen LogP contribution in [0.4, 0.5) is 13.2 Å². The van der Waals surface area contributed by atoms with Crippen LogP contribution in [-0.2, 0) is 17.3 Å². The van der Waals surface area contributed by atoms with Gasteiger partial charge in [-0.3, -0.25) is 4.99 Å². The minimum atomic E-state index is -4.29. The van der Waals surface area contributed by atoms with E-state index in [1.165, 1.54) is 12.5 Å². The quantitative estimate of drug-likeness (QED) is 0.764. The molecule has 16 heavy (non-hydrogen) atoms. The van der Waals surface area contributed by atoms with Gasteiger partial charge in [0.1, 0.15) is 6.61 Å². The third kappa shape index (κ3) is 2.53. The van der Waals surface area contributed by atoms with Gasteiger partial charge in [0.05, 0.1) is 11.6 Å². The third-order valence-electron chi connectivity index (χ3n) is 2.36. The molecule has 0 radical (unpaired) electrons. The van der Waals surface area contributed by atoms with Gasteiger partial charge < -0.3 is 4.74 Å². The fraction of sp³-hybridized carbons (Fsp3) is 0.364. The van der Waals surface area contributed by atoms with Crippen molar-refractivity contribution in [2.24, 2.45) is 4.99 Å². The summed E-state index contributed by atoms with van der Waals surface area (Å²) in [6.07, 6.45) is -2.47. The van der Waals surface area contributed by atoms with E-state index in [0.29, 0.717) is 18.6 Å². The molecule has 1 unspecified atom stereocenters. The first kappa shape index (κ1) is 11.0. The van der Waals surface area contributed by atoms with Crippen molar-refractivity contribution in [3.8, 4) is 0 Å². The molecule has 1 aromatic rings. The smallest absolute Gasteiger partial charge is 0.416 e. The van der Waals surface area contributed by atoms with E-state index in [1.807, 2.05) is 0 Å². The lowest BCUT2D eigenvalue weighted by Crippen LogP contribution is -2.11. The maximum absolute atomic E-state index is 12.4. The van der Waals surface area contributed by atoms with E-state index in [0.717, 1.165) is 12.1 Å². The monoisotopic (exact) mass is 229 g/mol. The standard InChI is InChI=1S/C11H10F3NO/c12-11(13,14)9-3-1-2-8(4-9)5-10-6-16-7-15-10/h1-4,7,10H,5-6H2. The molecule has 0 aliphatic carbocycles. The topological polar surface area (TPSA) is 21.6 Å². The number of nitrogens with zero attached hydrogens (tertiary/aromatic N) is 1. The molecule has 1 heterocycles. The van der Waals surface area contributed by atoms with Crippen molar-refractivity contribution >= 4 is 6.40 Å². The Morgan fingerprint density at radius 1 is 1.38 bits per heavy atom. The highest BCUT2D eigenvalue weighted by molar-refractivity contribution is 5.49. The van der Waals surface area contributed by atoms with Gasteiger partial charge in [0.15, 0.2) is 6.40 Å². The summed E-state index contributed by atoms with van der Waals surface area (Å²) in [4.78, 5) is 3.99. The molecule has 1 atom stereocenters. The molecule has 0 N–H and O–H groups in total. The van der Waals surface area contributed by atoms with E-state index in [-0.39, 0.29) is 6.04 Å². The number of alkyl halides is 3. The van der Waals surface area contributed by atoms with Crippen molar-refractivity contribution in [3.63, 3.8) is 0 Å². The lowest BCUT2D eigenvalue weighted by molar-refractivity contribution is -0.137. The van der Waals surface area contributed by atoms with Gasteiger partial charge in [-0.25, -0.2) is 0 Å². The van der Waals surface area contributed by atoms with Gasteiger partial charge in [-0.15, -0.1) is 0 Å². The molecule has 86 valence electrons. The van der Waals surface area contributed by atoms with Crippen LogP contribution in [0.5, 0.6) is 0 Å². The van der Waals surface area contributed by atoms with Crippen LogP contribution in [0.15, 0.2) is 29.3 Å². The summed E-state index contributed by atoms with van der Waals surface area (Å²) in [7, 11) is 0. The van der Waals surface area contributed by atoms with E-state index in [9.17, 15) is 13.2 Å². The molecule has 0 spiro atoms. The minimum Gasteiger partial charge on any atom is -0.481 e. The first-order valence-electron chi connectivity index (χ1n) is 4.85. The van der Waals surface area contributed by atoms with Gasteiger partial charge in [-0.1, -0.05) is 18.2 Å². The Hall–Kier alpha value is -1.52. The molecule has 2 nitrogen and oxygen atoms in total. The van der Waals surface area contributed by atoms with Crippen molar-refractivity contribution in [1.82, 2.24) is 0 Å². The van der Waals surface area contributed by atoms with Crippen LogP contribution < -0.4 is 0 Å². The Bertz CT molecular complexity index is 400. The van der Waals surface area contributed by atoms with Gasteiger partial charge in [-0.2, -0.15) is 13.2 Å². The van der Waals surface area contributed by atoms with Crippen LogP contribution >= 0.6 is 0 Å². The fourth-order valence-electron chi connectivity index (χ4n) is 1.58. The highest BCUT2D eigenvalue weighted by Crippen LogP contribution is 2.29. The summed E-state index contributed by atoms with van der Waals surface area (Å²) in [5.41, 5.74) is 0.00960. The Labute approximate surface area is 90.8 Å². The third-order valence-corrected chi connectivity index (χ3v) is 2.36. The molecule has 0 amide bonds. The van der Waals surface area contributed by atoms with Crippen molar-refractivity contribution in [2.45, 2.75) is 18.6 Å². The highest BCUT2D eigenvalue weighted by Gasteiger charge is 2.30. The van der Waals surface area contributed by atoms with Crippen molar-refractivity contribution in [1.29, 1.82) is 0 Å². The van der Waals surface area contributed by atoms with E-state index < -0.39 is 11.7 Å². The summed E-state index contributed by atoms with van der Waals surface area (Å²) in [5, 5.41) is 0. The summed E-state index contributed by atoms with van der Waals surface area (Å²) >= 11 is 0.